The minimum Gasteiger partial charge on any atom is -0.397 e. The van der Waals surface area contributed by atoms with E-state index in [4.69, 9.17) is 10.5 Å². The first-order valence-electron chi connectivity index (χ1n) is 5.95. The van der Waals surface area contributed by atoms with Crippen LogP contribution in [0.25, 0.3) is 0 Å². The Kier molecular flexibility index (Phi) is 3.77. The predicted octanol–water partition coefficient (Wildman–Crippen LogP) is 1.50. The lowest BCUT2D eigenvalue weighted by atomic mass is 10.2. The summed E-state index contributed by atoms with van der Waals surface area (Å²) in [5.41, 5.74) is 7.49. The van der Waals surface area contributed by atoms with Crippen LogP contribution in [0.3, 0.4) is 0 Å². The highest BCUT2D eigenvalue weighted by Gasteiger charge is 2.24. The summed E-state index contributed by atoms with van der Waals surface area (Å²) in [7, 11) is -3.42. The summed E-state index contributed by atoms with van der Waals surface area (Å²) in [5.74, 6) is -0.0131. The van der Waals surface area contributed by atoms with Gasteiger partial charge in [-0.25, -0.2) is 8.42 Å². The molecule has 100 valence electrons. The van der Waals surface area contributed by atoms with Gasteiger partial charge in [0.25, 0.3) is 0 Å². The van der Waals surface area contributed by atoms with Crippen molar-refractivity contribution in [3.63, 3.8) is 0 Å². The molecule has 0 radical (unpaired) electrons. The minimum absolute atomic E-state index is 0.0131. The van der Waals surface area contributed by atoms with Gasteiger partial charge in [-0.2, -0.15) is 0 Å². The van der Waals surface area contributed by atoms with Crippen LogP contribution >= 0.6 is 0 Å². The molecule has 0 amide bonds. The van der Waals surface area contributed by atoms with E-state index >= 15 is 0 Å². The first kappa shape index (κ1) is 13.2. The van der Waals surface area contributed by atoms with E-state index in [2.05, 4.69) is 4.72 Å². The van der Waals surface area contributed by atoms with Crippen molar-refractivity contribution in [3.05, 3.63) is 23.8 Å². The molecule has 0 spiro atoms. The van der Waals surface area contributed by atoms with Gasteiger partial charge >= 0.3 is 0 Å². The van der Waals surface area contributed by atoms with Gasteiger partial charge in [0.1, 0.15) is 0 Å². The fourth-order valence-electron chi connectivity index (χ4n) is 2.05. The smallest absolute Gasteiger partial charge is 0.235 e. The van der Waals surface area contributed by atoms with Crippen molar-refractivity contribution in [2.45, 2.75) is 25.9 Å². The molecule has 1 aromatic rings. The second kappa shape index (κ2) is 5.16. The van der Waals surface area contributed by atoms with Gasteiger partial charge in [0.2, 0.25) is 10.0 Å². The maximum Gasteiger partial charge on any atom is 0.235 e. The van der Waals surface area contributed by atoms with E-state index in [-0.39, 0.29) is 11.9 Å². The number of sulfonamides is 1. The van der Waals surface area contributed by atoms with Crippen molar-refractivity contribution in [3.8, 4) is 0 Å². The lowest BCUT2D eigenvalue weighted by Crippen LogP contribution is -2.26. The summed E-state index contributed by atoms with van der Waals surface area (Å²) in [4.78, 5) is 0. The maximum atomic E-state index is 12.0. The molecule has 0 bridgehead atoms. The van der Waals surface area contributed by atoms with Gasteiger partial charge in [0.15, 0.2) is 0 Å². The summed E-state index contributed by atoms with van der Waals surface area (Å²) < 4.78 is 31.9. The van der Waals surface area contributed by atoms with Crippen molar-refractivity contribution >= 4 is 21.4 Å². The Bertz CT molecular complexity index is 502. The minimum atomic E-state index is -3.42. The van der Waals surface area contributed by atoms with Gasteiger partial charge < -0.3 is 10.5 Å². The van der Waals surface area contributed by atoms with E-state index in [0.717, 1.165) is 18.4 Å². The lowest BCUT2D eigenvalue weighted by molar-refractivity contribution is 0.127. The quantitative estimate of drug-likeness (QED) is 0.812. The Labute approximate surface area is 107 Å². The summed E-state index contributed by atoms with van der Waals surface area (Å²) >= 11 is 0. The van der Waals surface area contributed by atoms with Crippen molar-refractivity contribution in [1.82, 2.24) is 0 Å². The summed E-state index contributed by atoms with van der Waals surface area (Å²) in [6, 6.07) is 5.29. The van der Waals surface area contributed by atoms with Crippen LogP contribution in [0, 0.1) is 6.92 Å². The fraction of sp³-hybridized carbons (Fsp3) is 0.500. The van der Waals surface area contributed by atoms with Crippen LogP contribution in [0.5, 0.6) is 0 Å². The Hall–Kier alpha value is -1.27. The van der Waals surface area contributed by atoms with Gasteiger partial charge in [-0.3, -0.25) is 4.72 Å². The first-order chi connectivity index (χ1) is 8.48. The van der Waals surface area contributed by atoms with Crippen molar-refractivity contribution in [2.24, 2.45) is 0 Å². The largest absolute Gasteiger partial charge is 0.397 e. The van der Waals surface area contributed by atoms with E-state index < -0.39 is 10.0 Å². The third kappa shape index (κ3) is 3.14. The summed E-state index contributed by atoms with van der Waals surface area (Å²) in [6.45, 7) is 2.47. The van der Waals surface area contributed by atoms with E-state index in [1.54, 1.807) is 12.1 Å². The van der Waals surface area contributed by atoms with Crippen LogP contribution in [0.2, 0.25) is 0 Å². The van der Waals surface area contributed by atoms with Crippen LogP contribution in [0.1, 0.15) is 18.4 Å². The standard InChI is InChI=1S/C12H18N2O3S/c1-9-4-2-6-11(13)12(9)14-18(15,16)8-10-5-3-7-17-10/h2,4,6,10,14H,3,5,7-8,13H2,1H3. The molecule has 1 aromatic carbocycles. The Morgan fingerprint density at radius 2 is 2.28 bits per heavy atom. The molecule has 1 aliphatic rings. The van der Waals surface area contributed by atoms with Crippen LogP contribution in [-0.2, 0) is 14.8 Å². The zero-order valence-corrected chi connectivity index (χ0v) is 11.2. The molecular formula is C12H18N2O3S. The number of hydrogen-bond acceptors (Lipinski definition) is 4. The number of nitrogens with two attached hydrogens (primary N) is 1. The Balaban J connectivity index is 2.12. The van der Waals surface area contributed by atoms with Crippen LogP contribution in [-0.4, -0.2) is 26.9 Å². The third-order valence-electron chi connectivity index (χ3n) is 2.99. The number of benzene rings is 1. The monoisotopic (exact) mass is 270 g/mol. The fourth-order valence-corrected chi connectivity index (χ4v) is 3.47. The zero-order valence-electron chi connectivity index (χ0n) is 10.3. The van der Waals surface area contributed by atoms with E-state index in [1.165, 1.54) is 0 Å². The number of aryl methyl sites for hydroxylation is 1. The summed E-state index contributed by atoms with van der Waals surface area (Å²) in [6.07, 6.45) is 1.52. The van der Waals surface area contributed by atoms with Gasteiger partial charge in [-0.1, -0.05) is 12.1 Å². The predicted molar refractivity (Wildman–Crippen MR) is 72.0 cm³/mol. The number of rotatable bonds is 4. The highest BCUT2D eigenvalue weighted by Crippen LogP contribution is 2.24. The molecule has 1 saturated heterocycles. The number of anilines is 2. The van der Waals surface area contributed by atoms with Crippen LogP contribution in [0.15, 0.2) is 18.2 Å². The van der Waals surface area contributed by atoms with Crippen molar-refractivity contribution in [1.29, 1.82) is 0 Å². The SMILES string of the molecule is Cc1cccc(N)c1NS(=O)(=O)CC1CCCO1. The average Bonchev–Trinajstić information content (AvgIpc) is 2.75. The van der Waals surface area contributed by atoms with Crippen LogP contribution < -0.4 is 10.5 Å². The average molecular weight is 270 g/mol. The van der Waals surface area contributed by atoms with E-state index in [1.807, 2.05) is 13.0 Å². The Morgan fingerprint density at radius 3 is 2.89 bits per heavy atom. The molecule has 1 unspecified atom stereocenters. The number of nitrogens with one attached hydrogen (secondary N) is 1. The molecular weight excluding hydrogens is 252 g/mol. The normalized spacial score (nSPS) is 19.9. The molecule has 1 aliphatic heterocycles. The molecule has 18 heavy (non-hydrogen) atoms. The molecule has 6 heteroatoms. The third-order valence-corrected chi connectivity index (χ3v) is 4.32. The molecule has 1 atom stereocenters. The lowest BCUT2D eigenvalue weighted by Gasteiger charge is -2.15. The van der Waals surface area contributed by atoms with Crippen LogP contribution in [0.4, 0.5) is 11.4 Å². The van der Waals surface area contributed by atoms with Gasteiger partial charge in [0.05, 0.1) is 23.2 Å². The first-order valence-corrected chi connectivity index (χ1v) is 7.60. The number of ether oxygens (including phenoxy) is 1. The van der Waals surface area contributed by atoms with Gasteiger partial charge in [-0.15, -0.1) is 0 Å². The molecule has 3 N–H and O–H groups in total. The molecule has 0 aliphatic carbocycles. The Morgan fingerprint density at radius 1 is 1.50 bits per heavy atom. The second-order valence-corrected chi connectivity index (χ2v) is 6.32. The topological polar surface area (TPSA) is 81.4 Å². The van der Waals surface area contributed by atoms with E-state index in [9.17, 15) is 8.42 Å². The highest BCUT2D eigenvalue weighted by molar-refractivity contribution is 7.92. The van der Waals surface area contributed by atoms with Crippen molar-refractivity contribution in [2.75, 3.05) is 22.8 Å². The number of nitrogen functional groups attached to an aromatic ring is 1. The summed E-state index contributed by atoms with van der Waals surface area (Å²) in [5, 5.41) is 0. The maximum absolute atomic E-state index is 12.0. The van der Waals surface area contributed by atoms with E-state index in [0.29, 0.717) is 18.0 Å². The van der Waals surface area contributed by atoms with Gasteiger partial charge in [0, 0.05) is 6.61 Å². The van der Waals surface area contributed by atoms with Gasteiger partial charge in [-0.05, 0) is 31.4 Å². The molecule has 1 heterocycles. The number of hydrogen-bond donors (Lipinski definition) is 2. The number of para-hydroxylation sites is 1. The van der Waals surface area contributed by atoms with Crippen molar-refractivity contribution < 1.29 is 13.2 Å². The molecule has 1 fully saturated rings. The molecule has 0 aromatic heterocycles. The molecule has 0 saturated carbocycles. The zero-order chi connectivity index (χ0) is 13.2. The highest BCUT2D eigenvalue weighted by atomic mass is 32.2. The molecule has 2 rings (SSSR count). The molecule has 5 nitrogen and oxygen atoms in total. The second-order valence-electron chi connectivity index (χ2n) is 4.56.